The number of fused-ring (bicyclic) bond motifs is 2. The van der Waals surface area contributed by atoms with Crippen LogP contribution >= 0.6 is 11.6 Å². The van der Waals surface area contributed by atoms with E-state index in [1.54, 1.807) is 18.3 Å². The van der Waals surface area contributed by atoms with Gasteiger partial charge in [0, 0.05) is 46.8 Å². The van der Waals surface area contributed by atoms with Crippen LogP contribution in [0.4, 0.5) is 0 Å². The van der Waals surface area contributed by atoms with Crippen LogP contribution in [0, 0.1) is 0 Å². The van der Waals surface area contributed by atoms with Gasteiger partial charge >= 0.3 is 0 Å². The Kier molecular flexibility index (Phi) is 4.83. The summed E-state index contributed by atoms with van der Waals surface area (Å²) in [6.07, 6.45) is 7.07. The predicted molar refractivity (Wildman–Crippen MR) is 118 cm³/mol. The van der Waals surface area contributed by atoms with Crippen LogP contribution in [-0.4, -0.2) is 39.6 Å². The Morgan fingerprint density at radius 1 is 0.967 bits per heavy atom. The van der Waals surface area contributed by atoms with E-state index in [1.807, 2.05) is 35.2 Å². The largest absolute Gasteiger partial charge is 0.339 e. The summed E-state index contributed by atoms with van der Waals surface area (Å²) in [6, 6.07) is 11.0. The molecular weight excluding hydrogens is 398 g/mol. The van der Waals surface area contributed by atoms with E-state index >= 15 is 0 Å². The van der Waals surface area contributed by atoms with Gasteiger partial charge in [-0.05, 0) is 43.5 Å². The van der Waals surface area contributed by atoms with Crippen molar-refractivity contribution in [3.05, 3.63) is 65.4 Å². The van der Waals surface area contributed by atoms with E-state index < -0.39 is 0 Å². The van der Waals surface area contributed by atoms with Crippen LogP contribution in [0.3, 0.4) is 0 Å². The summed E-state index contributed by atoms with van der Waals surface area (Å²) in [4.78, 5) is 36.1. The fraction of sp³-hybridized carbons (Fsp3) is 0.250. The SMILES string of the molecule is O=C1CC=C(Cl)c2cc(-c3cnc4ccc(C(=O)N5CCCCC5)cc4n3)ccc21. The zero-order chi connectivity index (χ0) is 20.7. The lowest BCUT2D eigenvalue weighted by Crippen LogP contribution is -2.35. The van der Waals surface area contributed by atoms with Crippen LogP contribution in [0.1, 0.15) is 52.0 Å². The molecule has 0 unspecified atom stereocenters. The van der Waals surface area contributed by atoms with Crippen molar-refractivity contribution in [1.82, 2.24) is 14.9 Å². The number of carbonyl (C=O) groups is 2. The van der Waals surface area contributed by atoms with E-state index in [9.17, 15) is 9.59 Å². The highest BCUT2D eigenvalue weighted by Crippen LogP contribution is 2.32. The first kappa shape index (κ1) is 18.9. The Labute approximate surface area is 179 Å². The first-order chi connectivity index (χ1) is 14.6. The second-order valence-electron chi connectivity index (χ2n) is 7.75. The molecule has 1 saturated heterocycles. The Bertz CT molecular complexity index is 1210. The normalized spacial score (nSPS) is 16.4. The molecule has 5 nitrogen and oxygen atoms in total. The number of nitrogens with zero attached hydrogens (tertiary/aromatic N) is 3. The molecule has 2 aliphatic rings. The maximum absolute atomic E-state index is 12.9. The molecule has 5 rings (SSSR count). The molecule has 2 heterocycles. The van der Waals surface area contributed by atoms with Gasteiger partial charge in [-0.15, -0.1) is 0 Å². The number of hydrogen-bond acceptors (Lipinski definition) is 4. The van der Waals surface area contributed by atoms with Crippen molar-refractivity contribution in [3.63, 3.8) is 0 Å². The van der Waals surface area contributed by atoms with Gasteiger partial charge in [0.1, 0.15) is 0 Å². The van der Waals surface area contributed by atoms with Crippen molar-refractivity contribution in [1.29, 1.82) is 0 Å². The van der Waals surface area contributed by atoms with E-state index in [1.165, 1.54) is 6.42 Å². The summed E-state index contributed by atoms with van der Waals surface area (Å²) in [7, 11) is 0. The third-order valence-electron chi connectivity index (χ3n) is 5.77. The second-order valence-corrected chi connectivity index (χ2v) is 8.16. The molecule has 6 heteroatoms. The van der Waals surface area contributed by atoms with Gasteiger partial charge in [-0.3, -0.25) is 14.6 Å². The first-order valence-electron chi connectivity index (χ1n) is 10.2. The molecule has 0 saturated carbocycles. The average Bonchev–Trinajstić information content (AvgIpc) is 2.80. The summed E-state index contributed by atoms with van der Waals surface area (Å²) in [6.45, 7) is 1.62. The van der Waals surface area contributed by atoms with Gasteiger partial charge in [0.2, 0.25) is 0 Å². The van der Waals surface area contributed by atoms with E-state index in [0.29, 0.717) is 33.8 Å². The Balaban J connectivity index is 1.52. The number of halogens is 1. The molecule has 150 valence electrons. The monoisotopic (exact) mass is 417 g/mol. The average molecular weight is 418 g/mol. The number of piperidine rings is 1. The fourth-order valence-corrected chi connectivity index (χ4v) is 4.34. The quantitative estimate of drug-likeness (QED) is 0.582. The molecule has 3 aromatic rings. The highest BCUT2D eigenvalue weighted by molar-refractivity contribution is 6.50. The number of allylic oxidation sites excluding steroid dienone is 1. The lowest BCUT2D eigenvalue weighted by atomic mass is 9.93. The third kappa shape index (κ3) is 3.39. The van der Waals surface area contributed by atoms with Gasteiger partial charge in [-0.25, -0.2) is 4.98 Å². The van der Waals surface area contributed by atoms with Gasteiger partial charge in [0.25, 0.3) is 5.91 Å². The smallest absolute Gasteiger partial charge is 0.253 e. The Morgan fingerprint density at radius 3 is 2.63 bits per heavy atom. The van der Waals surface area contributed by atoms with Gasteiger partial charge in [0.05, 0.1) is 22.9 Å². The van der Waals surface area contributed by atoms with Crippen LogP contribution in [0.5, 0.6) is 0 Å². The maximum Gasteiger partial charge on any atom is 0.253 e. The maximum atomic E-state index is 12.9. The van der Waals surface area contributed by atoms with Crippen LogP contribution in [-0.2, 0) is 0 Å². The standard InChI is InChI=1S/C24H20ClN3O2/c25-19-7-9-23(29)17-6-4-15(12-18(17)19)22-14-26-20-8-5-16(13-21(20)27-22)24(30)28-10-2-1-3-11-28/h4-8,12-14H,1-3,9-11H2. The molecule has 1 aliphatic carbocycles. The van der Waals surface area contributed by atoms with Crippen molar-refractivity contribution < 1.29 is 9.59 Å². The highest BCUT2D eigenvalue weighted by Gasteiger charge is 2.20. The molecule has 30 heavy (non-hydrogen) atoms. The van der Waals surface area contributed by atoms with Crippen molar-refractivity contribution in [2.24, 2.45) is 0 Å². The summed E-state index contributed by atoms with van der Waals surface area (Å²) < 4.78 is 0. The van der Waals surface area contributed by atoms with Crippen molar-refractivity contribution in [2.45, 2.75) is 25.7 Å². The van der Waals surface area contributed by atoms with Crippen LogP contribution in [0.15, 0.2) is 48.7 Å². The number of carbonyl (C=O) groups excluding carboxylic acids is 2. The van der Waals surface area contributed by atoms with Crippen LogP contribution in [0.25, 0.3) is 27.3 Å². The second kappa shape index (κ2) is 7.65. The first-order valence-corrected chi connectivity index (χ1v) is 10.6. The van der Waals surface area contributed by atoms with Crippen LogP contribution in [0.2, 0.25) is 0 Å². The molecule has 2 aromatic carbocycles. The van der Waals surface area contributed by atoms with Crippen molar-refractivity contribution in [3.8, 4) is 11.3 Å². The van der Waals surface area contributed by atoms with Gasteiger partial charge in [0.15, 0.2) is 5.78 Å². The minimum atomic E-state index is 0.0491. The summed E-state index contributed by atoms with van der Waals surface area (Å²) in [5, 5.41) is 0.578. The number of likely N-dealkylation sites (tertiary alicyclic amines) is 1. The number of rotatable bonds is 2. The lowest BCUT2D eigenvalue weighted by Gasteiger charge is -2.26. The summed E-state index contributed by atoms with van der Waals surface area (Å²) in [5.74, 6) is 0.111. The number of amides is 1. The van der Waals surface area contributed by atoms with E-state index in [0.717, 1.165) is 42.6 Å². The molecule has 0 radical (unpaired) electrons. The molecule has 0 N–H and O–H groups in total. The molecule has 0 bridgehead atoms. The highest BCUT2D eigenvalue weighted by atomic mass is 35.5. The minimum Gasteiger partial charge on any atom is -0.339 e. The summed E-state index contributed by atoms with van der Waals surface area (Å²) in [5.41, 5.74) is 4.91. The third-order valence-corrected chi connectivity index (χ3v) is 6.13. The number of Topliss-reactive ketones (excluding diaryl/α,β-unsaturated/α-hetero) is 1. The zero-order valence-corrected chi connectivity index (χ0v) is 17.2. The number of aromatic nitrogens is 2. The van der Waals surface area contributed by atoms with Crippen molar-refractivity contribution in [2.75, 3.05) is 13.1 Å². The van der Waals surface area contributed by atoms with Crippen molar-refractivity contribution >= 4 is 39.4 Å². The van der Waals surface area contributed by atoms with Gasteiger partial charge in [-0.2, -0.15) is 0 Å². The lowest BCUT2D eigenvalue weighted by molar-refractivity contribution is 0.0724. The van der Waals surface area contributed by atoms with Crippen LogP contribution < -0.4 is 0 Å². The minimum absolute atomic E-state index is 0.0491. The number of benzene rings is 2. The molecule has 1 aliphatic heterocycles. The van der Waals surface area contributed by atoms with E-state index in [4.69, 9.17) is 16.6 Å². The number of ketones is 1. The Hall–Kier alpha value is -3.05. The van der Waals surface area contributed by atoms with E-state index in [2.05, 4.69) is 4.98 Å². The molecule has 1 amide bonds. The number of hydrogen-bond donors (Lipinski definition) is 0. The van der Waals surface area contributed by atoms with E-state index in [-0.39, 0.29) is 11.7 Å². The molecule has 0 spiro atoms. The fourth-order valence-electron chi connectivity index (χ4n) is 4.11. The molecule has 0 atom stereocenters. The summed E-state index contributed by atoms with van der Waals surface area (Å²) >= 11 is 6.33. The van der Waals surface area contributed by atoms with Gasteiger partial charge in [-0.1, -0.05) is 29.8 Å². The molecule has 1 fully saturated rings. The topological polar surface area (TPSA) is 63.2 Å². The zero-order valence-electron chi connectivity index (χ0n) is 16.4. The molecule has 1 aromatic heterocycles. The molecular formula is C24H20ClN3O2. The van der Waals surface area contributed by atoms with Gasteiger partial charge < -0.3 is 4.90 Å². The predicted octanol–water partition coefficient (Wildman–Crippen LogP) is 5.09. The Morgan fingerprint density at radius 2 is 1.80 bits per heavy atom.